The van der Waals surface area contributed by atoms with Crippen LogP contribution in [0, 0.1) is 17.7 Å². The van der Waals surface area contributed by atoms with Crippen LogP contribution in [0.3, 0.4) is 0 Å². The number of hydrogen-bond donors (Lipinski definition) is 1. The van der Waals surface area contributed by atoms with E-state index in [2.05, 4.69) is 17.4 Å². The number of halogens is 1. The third-order valence-electron chi connectivity index (χ3n) is 6.73. The van der Waals surface area contributed by atoms with E-state index in [1.54, 1.807) is 12.1 Å². The van der Waals surface area contributed by atoms with Crippen LogP contribution in [0.5, 0.6) is 5.75 Å². The van der Waals surface area contributed by atoms with Crippen LogP contribution in [0.1, 0.15) is 55.8 Å². The fourth-order valence-electron chi connectivity index (χ4n) is 5.29. The summed E-state index contributed by atoms with van der Waals surface area (Å²) in [7, 11) is 0. The van der Waals surface area contributed by atoms with Gasteiger partial charge in [0.2, 0.25) is 0 Å². The highest BCUT2D eigenvalue weighted by molar-refractivity contribution is 5.58. The van der Waals surface area contributed by atoms with E-state index in [-0.39, 0.29) is 11.9 Å². The maximum atomic E-state index is 13.1. The molecule has 0 radical (unpaired) electrons. The number of anilines is 1. The first-order valence-corrected chi connectivity index (χ1v) is 10.7. The van der Waals surface area contributed by atoms with Crippen molar-refractivity contribution >= 4 is 5.69 Å². The molecule has 2 aliphatic heterocycles. The molecular weight excluding hydrogens is 353 g/mol. The molecule has 2 aromatic carbocycles. The summed E-state index contributed by atoms with van der Waals surface area (Å²) in [6.45, 7) is 1.28. The fraction of sp³-hybridized carbons (Fsp3) is 0.500. The van der Waals surface area contributed by atoms with Crippen LogP contribution in [0.2, 0.25) is 0 Å². The molecule has 28 heavy (non-hydrogen) atoms. The summed E-state index contributed by atoms with van der Waals surface area (Å²) in [6.07, 6.45) is 8.12. The van der Waals surface area contributed by atoms with Crippen molar-refractivity contribution in [3.63, 3.8) is 0 Å². The largest absolute Gasteiger partial charge is 0.489 e. The van der Waals surface area contributed by atoms with Gasteiger partial charge in [-0.2, -0.15) is 0 Å². The van der Waals surface area contributed by atoms with E-state index in [1.165, 1.54) is 55.5 Å². The Kier molecular flexibility index (Phi) is 4.98. The number of benzene rings is 2. The van der Waals surface area contributed by atoms with Crippen molar-refractivity contribution in [3.05, 3.63) is 59.4 Å². The summed E-state index contributed by atoms with van der Waals surface area (Å²) in [6, 6.07) is 13.3. The molecule has 1 saturated heterocycles. The van der Waals surface area contributed by atoms with Gasteiger partial charge < -0.3 is 14.8 Å². The maximum absolute atomic E-state index is 13.1. The maximum Gasteiger partial charge on any atom is 0.123 e. The monoisotopic (exact) mass is 381 g/mol. The zero-order valence-corrected chi connectivity index (χ0v) is 16.2. The Morgan fingerprint density at radius 2 is 1.82 bits per heavy atom. The van der Waals surface area contributed by atoms with Crippen molar-refractivity contribution in [2.24, 2.45) is 11.8 Å². The van der Waals surface area contributed by atoms with Crippen LogP contribution < -0.4 is 10.1 Å². The summed E-state index contributed by atoms with van der Waals surface area (Å²) in [5.74, 6) is 1.95. The van der Waals surface area contributed by atoms with E-state index >= 15 is 0 Å². The number of rotatable bonds is 4. The Hall–Kier alpha value is -2.07. The standard InChI is InChI=1S/C24H28FNO2/c25-18-8-6-16(7-9-18)15-28-19-10-11-22-21(14-19)24-20(12-13-27-24)23(26-22)17-4-2-1-3-5-17/h6-11,14,17,20,23-24,26H,1-5,12-13,15H2/t20-,23+,24-/m0/s1. The van der Waals surface area contributed by atoms with Crippen molar-refractivity contribution < 1.29 is 13.9 Å². The minimum absolute atomic E-state index is 0.178. The van der Waals surface area contributed by atoms with E-state index in [4.69, 9.17) is 9.47 Å². The van der Waals surface area contributed by atoms with Gasteiger partial charge in [0.15, 0.2) is 0 Å². The molecule has 2 heterocycles. The number of hydrogen-bond acceptors (Lipinski definition) is 3. The normalized spacial score (nSPS) is 27.0. The lowest BCUT2D eigenvalue weighted by atomic mass is 9.73. The molecule has 1 aliphatic carbocycles. The zero-order chi connectivity index (χ0) is 18.9. The molecule has 0 spiro atoms. The Morgan fingerprint density at radius 3 is 2.64 bits per heavy atom. The molecule has 3 aliphatic rings. The third-order valence-corrected chi connectivity index (χ3v) is 6.73. The van der Waals surface area contributed by atoms with Gasteiger partial charge in [0.25, 0.3) is 0 Å². The zero-order valence-electron chi connectivity index (χ0n) is 16.2. The lowest BCUT2D eigenvalue weighted by molar-refractivity contribution is 0.0729. The lowest BCUT2D eigenvalue weighted by Crippen LogP contribution is -2.42. The summed E-state index contributed by atoms with van der Waals surface area (Å²) >= 11 is 0. The van der Waals surface area contributed by atoms with E-state index in [0.717, 1.165) is 30.3 Å². The molecule has 1 N–H and O–H groups in total. The van der Waals surface area contributed by atoms with Gasteiger partial charge in [-0.1, -0.05) is 31.4 Å². The SMILES string of the molecule is Fc1ccc(COc2ccc3c(c2)[C@H]2OCC[C@H]2[C@@H](C2CCCCC2)N3)cc1. The van der Waals surface area contributed by atoms with Crippen molar-refractivity contribution in [2.75, 3.05) is 11.9 Å². The van der Waals surface area contributed by atoms with Crippen molar-refractivity contribution in [2.45, 2.75) is 57.3 Å². The van der Waals surface area contributed by atoms with E-state index in [0.29, 0.717) is 18.6 Å². The average molecular weight is 381 g/mol. The highest BCUT2D eigenvalue weighted by atomic mass is 19.1. The second-order valence-corrected chi connectivity index (χ2v) is 8.48. The first kappa shape index (κ1) is 18.0. The van der Waals surface area contributed by atoms with Gasteiger partial charge in [0.05, 0.1) is 6.10 Å². The highest BCUT2D eigenvalue weighted by Gasteiger charge is 2.43. The molecule has 0 amide bonds. The molecule has 0 bridgehead atoms. The van der Waals surface area contributed by atoms with Gasteiger partial charge in [-0.15, -0.1) is 0 Å². The molecule has 5 rings (SSSR count). The molecule has 3 atom stereocenters. The topological polar surface area (TPSA) is 30.5 Å². The Labute approximate surface area is 166 Å². The van der Waals surface area contributed by atoms with Crippen molar-refractivity contribution in [1.82, 2.24) is 0 Å². The first-order chi connectivity index (χ1) is 13.8. The van der Waals surface area contributed by atoms with Crippen LogP contribution in [0.4, 0.5) is 10.1 Å². The smallest absolute Gasteiger partial charge is 0.123 e. The summed E-state index contributed by atoms with van der Waals surface area (Å²) < 4.78 is 25.2. The van der Waals surface area contributed by atoms with Crippen LogP contribution in [-0.4, -0.2) is 12.6 Å². The van der Waals surface area contributed by atoms with Crippen LogP contribution >= 0.6 is 0 Å². The minimum atomic E-state index is -0.222. The second kappa shape index (κ2) is 7.75. The highest BCUT2D eigenvalue weighted by Crippen LogP contribution is 2.49. The second-order valence-electron chi connectivity index (χ2n) is 8.48. The predicted molar refractivity (Wildman–Crippen MR) is 108 cm³/mol. The molecule has 1 saturated carbocycles. The van der Waals surface area contributed by atoms with Crippen LogP contribution in [-0.2, 0) is 11.3 Å². The van der Waals surface area contributed by atoms with Crippen LogP contribution in [0.15, 0.2) is 42.5 Å². The first-order valence-electron chi connectivity index (χ1n) is 10.7. The number of ether oxygens (including phenoxy) is 2. The van der Waals surface area contributed by atoms with Crippen molar-refractivity contribution in [3.8, 4) is 5.75 Å². The quantitative estimate of drug-likeness (QED) is 0.720. The number of fused-ring (bicyclic) bond motifs is 3. The predicted octanol–water partition coefficient (Wildman–Crippen LogP) is 5.86. The molecular formula is C24H28FNO2. The molecule has 4 heteroatoms. The molecule has 148 valence electrons. The lowest BCUT2D eigenvalue weighted by Gasteiger charge is -2.42. The summed E-state index contributed by atoms with van der Waals surface area (Å²) in [4.78, 5) is 0. The minimum Gasteiger partial charge on any atom is -0.489 e. The van der Waals surface area contributed by atoms with Gasteiger partial charge in [0.1, 0.15) is 18.2 Å². The average Bonchev–Trinajstić information content (AvgIpc) is 3.24. The van der Waals surface area contributed by atoms with Gasteiger partial charge in [-0.3, -0.25) is 0 Å². The third kappa shape index (κ3) is 3.50. The van der Waals surface area contributed by atoms with Gasteiger partial charge in [-0.25, -0.2) is 4.39 Å². The Morgan fingerprint density at radius 1 is 1.00 bits per heavy atom. The molecule has 2 fully saturated rings. The number of nitrogens with one attached hydrogen (secondary N) is 1. The van der Waals surface area contributed by atoms with Gasteiger partial charge >= 0.3 is 0 Å². The van der Waals surface area contributed by atoms with Crippen LogP contribution in [0.25, 0.3) is 0 Å². The molecule has 2 aromatic rings. The fourth-order valence-corrected chi connectivity index (χ4v) is 5.29. The molecule has 3 nitrogen and oxygen atoms in total. The molecule has 0 aromatic heterocycles. The Bertz CT molecular complexity index is 816. The van der Waals surface area contributed by atoms with E-state index in [9.17, 15) is 4.39 Å². The van der Waals surface area contributed by atoms with Gasteiger partial charge in [-0.05, 0) is 61.1 Å². The molecule has 0 unspecified atom stereocenters. The van der Waals surface area contributed by atoms with E-state index < -0.39 is 0 Å². The van der Waals surface area contributed by atoms with Crippen molar-refractivity contribution in [1.29, 1.82) is 0 Å². The van der Waals surface area contributed by atoms with Gasteiger partial charge in [0, 0.05) is 29.8 Å². The van der Waals surface area contributed by atoms with E-state index in [1.807, 2.05) is 6.07 Å². The Balaban J connectivity index is 1.34. The summed E-state index contributed by atoms with van der Waals surface area (Å²) in [5.41, 5.74) is 3.39. The summed E-state index contributed by atoms with van der Waals surface area (Å²) in [5, 5.41) is 3.87.